The second kappa shape index (κ2) is 13.0. The van der Waals surface area contributed by atoms with Gasteiger partial charge < -0.3 is 9.97 Å². The molecule has 0 radical (unpaired) electrons. The molecule has 0 bridgehead atoms. The average Bonchev–Trinajstić information content (AvgIpc) is 3.93. The molecule has 2 heteroatoms. The van der Waals surface area contributed by atoms with E-state index in [-0.39, 0.29) is 5.41 Å². The third kappa shape index (κ3) is 5.25. The molecule has 2 N–H and O–H groups in total. The third-order valence-electron chi connectivity index (χ3n) is 12.2. The summed E-state index contributed by atoms with van der Waals surface area (Å²) in [5.41, 5.74) is 10.7. The maximum atomic E-state index is 3.56. The summed E-state index contributed by atoms with van der Waals surface area (Å²) in [6.45, 7) is 4.61. The van der Waals surface area contributed by atoms with Crippen LogP contribution in [0.3, 0.4) is 0 Å². The van der Waals surface area contributed by atoms with E-state index in [4.69, 9.17) is 0 Å². The Morgan fingerprint density at radius 2 is 0.544 bits per heavy atom. The van der Waals surface area contributed by atoms with Gasteiger partial charge in [0, 0.05) is 49.0 Å². The zero-order valence-electron chi connectivity index (χ0n) is 32.0. The molecule has 2 heterocycles. The number of hydrogen-bond donors (Lipinski definition) is 2. The van der Waals surface area contributed by atoms with E-state index >= 15 is 0 Å². The van der Waals surface area contributed by atoms with Crippen LogP contribution in [-0.4, -0.2) is 9.97 Å². The fourth-order valence-electron chi connectivity index (χ4n) is 9.54. The van der Waals surface area contributed by atoms with E-state index in [2.05, 4.69) is 218 Å². The lowest BCUT2D eigenvalue weighted by molar-refractivity contribution is 0.660. The van der Waals surface area contributed by atoms with Crippen LogP contribution >= 0.6 is 0 Å². The van der Waals surface area contributed by atoms with Crippen molar-refractivity contribution in [1.82, 2.24) is 9.97 Å². The van der Waals surface area contributed by atoms with Gasteiger partial charge in [0.2, 0.25) is 0 Å². The minimum absolute atomic E-state index is 0.160. The van der Waals surface area contributed by atoms with Gasteiger partial charge >= 0.3 is 0 Å². The van der Waals surface area contributed by atoms with Crippen molar-refractivity contribution in [1.29, 1.82) is 0 Å². The number of hydrogen-bond acceptors (Lipinski definition) is 0. The molecule has 12 aromatic rings. The van der Waals surface area contributed by atoms with Crippen molar-refractivity contribution in [3.05, 3.63) is 205 Å². The molecule has 270 valence electrons. The largest absolute Gasteiger partial charge is 0.354 e. The summed E-state index contributed by atoms with van der Waals surface area (Å²) >= 11 is 0. The van der Waals surface area contributed by atoms with Crippen LogP contribution in [0.25, 0.3) is 97.8 Å². The number of benzene rings is 10. The lowest BCUT2D eigenvalue weighted by Gasteiger charge is -2.20. The van der Waals surface area contributed by atoms with Crippen LogP contribution in [0.4, 0.5) is 0 Å². The minimum Gasteiger partial charge on any atom is -0.354 e. The molecule has 1 aliphatic carbocycles. The maximum absolute atomic E-state index is 3.56. The van der Waals surface area contributed by atoms with Crippen LogP contribution in [0, 0.1) is 0 Å². The van der Waals surface area contributed by atoms with Crippen molar-refractivity contribution < 1.29 is 0 Å². The Hall–Kier alpha value is -7.16. The van der Waals surface area contributed by atoms with Gasteiger partial charge in [-0.2, -0.15) is 0 Å². The minimum atomic E-state index is 0.160. The van der Waals surface area contributed by atoms with Gasteiger partial charge in [0.1, 0.15) is 0 Å². The molecule has 0 fully saturated rings. The lowest BCUT2D eigenvalue weighted by Crippen LogP contribution is -2.14. The fourth-order valence-corrected chi connectivity index (χ4v) is 9.54. The Bertz CT molecular complexity index is 3090. The third-order valence-corrected chi connectivity index (χ3v) is 12.2. The summed E-state index contributed by atoms with van der Waals surface area (Å²) in [5, 5.41) is 15.8. The molecule has 0 amide bonds. The summed E-state index contributed by atoms with van der Waals surface area (Å²) in [6, 6.07) is 69.4. The molecule has 57 heavy (non-hydrogen) atoms. The highest BCUT2D eigenvalue weighted by Crippen LogP contribution is 2.48. The lowest BCUT2D eigenvalue weighted by atomic mass is 9.82. The molecule has 13 rings (SSSR count). The van der Waals surface area contributed by atoms with E-state index in [9.17, 15) is 0 Å². The van der Waals surface area contributed by atoms with Gasteiger partial charge in [-0.15, -0.1) is 0 Å². The SMILES string of the molecule is CC1(C)c2ccccc2-c2ccccc21.c1ccc2c(c1)ccc1[nH]c3ccc4ccccc4c3c12.c1ccc2c(c1)ccc1[nH]c3ccc4ccccc4c3c12. The van der Waals surface area contributed by atoms with Crippen molar-refractivity contribution in [2.45, 2.75) is 19.3 Å². The molecule has 0 saturated heterocycles. The second-order valence-corrected chi connectivity index (χ2v) is 15.8. The topological polar surface area (TPSA) is 31.6 Å². The van der Waals surface area contributed by atoms with Crippen molar-refractivity contribution in [3.8, 4) is 11.1 Å². The Morgan fingerprint density at radius 1 is 0.281 bits per heavy atom. The predicted molar refractivity (Wildman–Crippen MR) is 246 cm³/mol. The molecule has 0 spiro atoms. The summed E-state index contributed by atoms with van der Waals surface area (Å²) in [6.07, 6.45) is 0. The van der Waals surface area contributed by atoms with Crippen molar-refractivity contribution in [3.63, 3.8) is 0 Å². The van der Waals surface area contributed by atoms with Gasteiger partial charge in [0.25, 0.3) is 0 Å². The van der Waals surface area contributed by atoms with Crippen LogP contribution in [0.5, 0.6) is 0 Å². The van der Waals surface area contributed by atoms with E-state index in [0.717, 1.165) is 0 Å². The highest BCUT2D eigenvalue weighted by atomic mass is 14.7. The van der Waals surface area contributed by atoms with Gasteiger partial charge in [0.05, 0.1) is 0 Å². The highest BCUT2D eigenvalue weighted by molar-refractivity contribution is 6.28. The van der Waals surface area contributed by atoms with Gasteiger partial charge in [-0.1, -0.05) is 184 Å². The molecule has 2 aromatic heterocycles. The smallest absolute Gasteiger partial charge is 0.0471 e. The fraction of sp³-hybridized carbons (Fsp3) is 0.0545. The Kier molecular flexibility index (Phi) is 7.55. The molecule has 10 aromatic carbocycles. The Balaban J connectivity index is 0.000000100. The first-order valence-electron chi connectivity index (χ1n) is 19.9. The van der Waals surface area contributed by atoms with Crippen LogP contribution < -0.4 is 0 Å². The normalized spacial score (nSPS) is 12.9. The van der Waals surface area contributed by atoms with Crippen molar-refractivity contribution in [2.75, 3.05) is 0 Å². The molecule has 0 aliphatic heterocycles. The van der Waals surface area contributed by atoms with Crippen LogP contribution in [-0.2, 0) is 5.41 Å². The monoisotopic (exact) mass is 728 g/mol. The van der Waals surface area contributed by atoms with E-state index in [1.54, 1.807) is 0 Å². The first-order valence-corrected chi connectivity index (χ1v) is 19.9. The van der Waals surface area contributed by atoms with E-state index < -0.39 is 0 Å². The number of aromatic nitrogens is 2. The molecule has 2 nitrogen and oxygen atoms in total. The van der Waals surface area contributed by atoms with E-state index in [1.165, 1.54) is 109 Å². The molecule has 0 atom stereocenters. The summed E-state index contributed by atoms with van der Waals surface area (Å²) < 4.78 is 0. The summed E-state index contributed by atoms with van der Waals surface area (Å²) in [4.78, 5) is 7.12. The molecular weight excluding hydrogens is 689 g/mol. The number of fused-ring (bicyclic) bond motifs is 17. The first-order chi connectivity index (χ1) is 28.0. The second-order valence-electron chi connectivity index (χ2n) is 15.8. The van der Waals surface area contributed by atoms with Gasteiger partial charge in [-0.3, -0.25) is 0 Å². The van der Waals surface area contributed by atoms with Crippen molar-refractivity contribution in [2.24, 2.45) is 0 Å². The summed E-state index contributed by atoms with van der Waals surface area (Å²) in [7, 11) is 0. The van der Waals surface area contributed by atoms with Gasteiger partial charge in [0.15, 0.2) is 0 Å². The van der Waals surface area contributed by atoms with Gasteiger partial charge in [-0.05, 0) is 89.6 Å². The predicted octanol–water partition coefficient (Wildman–Crippen LogP) is 15.2. The maximum Gasteiger partial charge on any atom is 0.0471 e. The van der Waals surface area contributed by atoms with Gasteiger partial charge in [-0.25, -0.2) is 0 Å². The molecular formula is C55H40N2. The number of rotatable bonds is 0. The number of nitrogens with one attached hydrogen (secondary N) is 2. The molecule has 0 unspecified atom stereocenters. The van der Waals surface area contributed by atoms with Crippen LogP contribution in [0.15, 0.2) is 194 Å². The summed E-state index contributed by atoms with van der Waals surface area (Å²) in [5.74, 6) is 0. The quantitative estimate of drug-likeness (QED) is 0.156. The molecule has 1 aliphatic rings. The van der Waals surface area contributed by atoms with E-state index in [1.807, 2.05) is 0 Å². The van der Waals surface area contributed by atoms with Crippen molar-refractivity contribution >= 4 is 86.7 Å². The average molecular weight is 729 g/mol. The number of aromatic amines is 2. The van der Waals surface area contributed by atoms with Crippen LogP contribution in [0.1, 0.15) is 25.0 Å². The highest BCUT2D eigenvalue weighted by Gasteiger charge is 2.34. The first kappa shape index (κ1) is 33.2. The Labute approximate surface area is 331 Å². The zero-order valence-corrected chi connectivity index (χ0v) is 32.0. The number of H-pyrrole nitrogens is 2. The molecule has 0 saturated carbocycles. The van der Waals surface area contributed by atoms with E-state index in [0.29, 0.717) is 0 Å². The zero-order chi connectivity index (χ0) is 38.1. The van der Waals surface area contributed by atoms with Crippen LogP contribution in [0.2, 0.25) is 0 Å². The Morgan fingerprint density at radius 3 is 0.860 bits per heavy atom. The standard InChI is InChI=1S/2C20H13N.C15H14/c2*1-3-7-15-13(5-1)9-11-17-19(15)20-16-8-4-2-6-14(16)10-12-18(20)21-17;1-15(2)13-9-5-3-7-11(13)12-8-4-6-10-14(12)15/h2*1-12,21H;3-10H,1-2H3.